The fourth-order valence-corrected chi connectivity index (χ4v) is 4.60. The van der Waals surface area contributed by atoms with Gasteiger partial charge in [-0.15, -0.1) is 0 Å². The lowest BCUT2D eigenvalue weighted by atomic mass is 10.0. The zero-order valence-corrected chi connectivity index (χ0v) is 13.1. The summed E-state index contributed by atoms with van der Waals surface area (Å²) in [6, 6.07) is 2.89. The molecule has 8 heteroatoms. The lowest BCUT2D eigenvalue weighted by Crippen LogP contribution is -2.38. The molecule has 1 saturated heterocycles. The lowest BCUT2D eigenvalue weighted by molar-refractivity contribution is 0.288. The Morgan fingerprint density at radius 2 is 1.76 bits per heavy atom. The maximum absolute atomic E-state index is 12.7. The van der Waals surface area contributed by atoms with Crippen molar-refractivity contribution in [3.05, 3.63) is 27.6 Å². The summed E-state index contributed by atoms with van der Waals surface area (Å²) in [6.45, 7) is 3.12. The molecule has 1 aliphatic heterocycles. The smallest absolute Gasteiger partial charge is 0.306 e. The Morgan fingerprint density at radius 1 is 1.19 bits per heavy atom. The number of nitrogens with one attached hydrogen (secondary N) is 2. The average Bonchev–Trinajstić information content (AvgIpc) is 2.77. The van der Waals surface area contributed by atoms with Gasteiger partial charge in [-0.25, -0.2) is 13.2 Å². The molecule has 0 bridgehead atoms. The van der Waals surface area contributed by atoms with Crippen LogP contribution >= 0.6 is 11.6 Å². The molecule has 0 unspecified atom stereocenters. The van der Waals surface area contributed by atoms with Gasteiger partial charge in [0.15, 0.2) is 0 Å². The van der Waals surface area contributed by atoms with E-state index in [2.05, 4.69) is 16.9 Å². The number of aromatic nitrogens is 2. The summed E-state index contributed by atoms with van der Waals surface area (Å²) >= 11 is 6.10. The third-order valence-corrected chi connectivity index (χ3v) is 6.29. The van der Waals surface area contributed by atoms with Gasteiger partial charge in [0.25, 0.3) is 0 Å². The molecule has 21 heavy (non-hydrogen) atoms. The molecular formula is C13H16ClN3O3S. The van der Waals surface area contributed by atoms with Crippen LogP contribution < -0.4 is 5.69 Å². The summed E-state index contributed by atoms with van der Waals surface area (Å²) in [6.07, 6.45) is 1.69. The second-order valence-corrected chi connectivity index (χ2v) is 7.81. The number of halogens is 1. The van der Waals surface area contributed by atoms with E-state index < -0.39 is 10.0 Å². The van der Waals surface area contributed by atoms with E-state index in [4.69, 9.17) is 11.6 Å². The first kappa shape index (κ1) is 14.6. The minimum atomic E-state index is -3.63. The molecule has 0 amide bonds. The van der Waals surface area contributed by atoms with Gasteiger partial charge in [0, 0.05) is 13.1 Å². The molecule has 6 nitrogen and oxygen atoms in total. The van der Waals surface area contributed by atoms with Crippen LogP contribution in [0.3, 0.4) is 0 Å². The fraction of sp³-hybridized carbons (Fsp3) is 0.462. The van der Waals surface area contributed by atoms with Crippen LogP contribution in [0.15, 0.2) is 21.8 Å². The van der Waals surface area contributed by atoms with Crippen LogP contribution in [0.5, 0.6) is 0 Å². The fourth-order valence-electron chi connectivity index (χ4n) is 2.60. The molecular weight excluding hydrogens is 314 g/mol. The monoisotopic (exact) mass is 329 g/mol. The first-order valence-corrected chi connectivity index (χ1v) is 8.61. The van der Waals surface area contributed by atoms with Crippen molar-refractivity contribution in [2.24, 2.45) is 5.92 Å². The van der Waals surface area contributed by atoms with E-state index in [1.54, 1.807) is 0 Å². The molecule has 1 aliphatic rings. The van der Waals surface area contributed by atoms with Crippen molar-refractivity contribution in [2.75, 3.05) is 13.1 Å². The number of sulfonamides is 1. The zero-order chi connectivity index (χ0) is 15.2. The van der Waals surface area contributed by atoms with Crippen LogP contribution in [-0.2, 0) is 10.0 Å². The van der Waals surface area contributed by atoms with Crippen molar-refractivity contribution < 1.29 is 8.42 Å². The highest BCUT2D eigenvalue weighted by molar-refractivity contribution is 7.89. The number of piperidine rings is 1. The minimum absolute atomic E-state index is 0.0430. The van der Waals surface area contributed by atoms with Gasteiger partial charge in [0.05, 0.1) is 16.1 Å². The molecule has 2 N–H and O–H groups in total. The van der Waals surface area contributed by atoms with E-state index in [1.807, 2.05) is 0 Å². The Labute approximate surface area is 127 Å². The van der Waals surface area contributed by atoms with Crippen LogP contribution in [0, 0.1) is 5.92 Å². The SMILES string of the molecule is CC1CCN(S(=O)(=O)c2cc3[nH]c(=O)[nH]c3cc2Cl)CC1. The molecule has 0 atom stereocenters. The minimum Gasteiger partial charge on any atom is -0.306 e. The van der Waals surface area contributed by atoms with Gasteiger partial charge in [-0.1, -0.05) is 18.5 Å². The Kier molecular flexibility index (Phi) is 3.59. The van der Waals surface area contributed by atoms with Crippen molar-refractivity contribution in [2.45, 2.75) is 24.7 Å². The second-order valence-electron chi connectivity index (χ2n) is 5.49. The average molecular weight is 330 g/mol. The van der Waals surface area contributed by atoms with E-state index in [9.17, 15) is 13.2 Å². The highest BCUT2D eigenvalue weighted by Gasteiger charge is 2.30. The highest BCUT2D eigenvalue weighted by atomic mass is 35.5. The second kappa shape index (κ2) is 5.15. The number of hydrogen-bond donors (Lipinski definition) is 2. The summed E-state index contributed by atoms with van der Waals surface area (Å²) < 4.78 is 26.9. The van der Waals surface area contributed by atoms with Crippen molar-refractivity contribution in [3.63, 3.8) is 0 Å². The molecule has 0 radical (unpaired) electrons. The topological polar surface area (TPSA) is 86.0 Å². The van der Waals surface area contributed by atoms with E-state index in [0.29, 0.717) is 30.0 Å². The van der Waals surface area contributed by atoms with Crippen LogP contribution in [0.25, 0.3) is 11.0 Å². The largest absolute Gasteiger partial charge is 0.323 e. The van der Waals surface area contributed by atoms with Gasteiger partial charge in [0.1, 0.15) is 4.90 Å². The molecule has 1 fully saturated rings. The van der Waals surface area contributed by atoms with Crippen LogP contribution in [-0.4, -0.2) is 35.8 Å². The van der Waals surface area contributed by atoms with Crippen LogP contribution in [0.1, 0.15) is 19.8 Å². The van der Waals surface area contributed by atoms with E-state index in [0.717, 1.165) is 12.8 Å². The van der Waals surface area contributed by atoms with E-state index in [-0.39, 0.29) is 15.6 Å². The van der Waals surface area contributed by atoms with Crippen LogP contribution in [0.2, 0.25) is 5.02 Å². The summed E-state index contributed by atoms with van der Waals surface area (Å²) in [4.78, 5) is 16.4. The highest BCUT2D eigenvalue weighted by Crippen LogP contribution is 2.30. The quantitative estimate of drug-likeness (QED) is 0.882. The maximum Gasteiger partial charge on any atom is 0.323 e. The molecule has 3 rings (SSSR count). The van der Waals surface area contributed by atoms with Crippen molar-refractivity contribution in [1.29, 1.82) is 0 Å². The number of nitrogens with zero attached hydrogens (tertiary/aromatic N) is 1. The summed E-state index contributed by atoms with van der Waals surface area (Å²) in [5, 5.41) is 0.122. The first-order valence-electron chi connectivity index (χ1n) is 6.79. The predicted molar refractivity (Wildman–Crippen MR) is 81.1 cm³/mol. The molecule has 114 valence electrons. The summed E-state index contributed by atoms with van der Waals surface area (Å²) in [5.41, 5.74) is 0.548. The first-order chi connectivity index (χ1) is 9.88. The number of fused-ring (bicyclic) bond motifs is 1. The summed E-state index contributed by atoms with van der Waals surface area (Å²) in [7, 11) is -3.63. The number of imidazole rings is 1. The molecule has 2 heterocycles. The number of rotatable bonds is 2. The number of benzene rings is 1. The normalized spacial score (nSPS) is 18.4. The third kappa shape index (κ3) is 2.61. The van der Waals surface area contributed by atoms with Crippen molar-refractivity contribution >= 4 is 32.7 Å². The Balaban J connectivity index is 2.05. The predicted octanol–water partition coefficient (Wildman–Crippen LogP) is 1.93. The van der Waals surface area contributed by atoms with Gasteiger partial charge in [-0.05, 0) is 30.9 Å². The number of H-pyrrole nitrogens is 2. The van der Waals surface area contributed by atoms with E-state index in [1.165, 1.54) is 16.4 Å². The zero-order valence-electron chi connectivity index (χ0n) is 11.5. The van der Waals surface area contributed by atoms with Gasteiger partial charge in [0.2, 0.25) is 10.0 Å². The van der Waals surface area contributed by atoms with E-state index >= 15 is 0 Å². The Bertz CT molecular complexity index is 832. The molecule has 0 spiro atoms. The maximum atomic E-state index is 12.7. The standard InChI is InChI=1S/C13H16ClN3O3S/c1-8-2-4-17(5-3-8)21(19,20)12-7-11-10(6-9(12)14)15-13(18)16-11/h6-8H,2-5H2,1H3,(H2,15,16,18). The number of aromatic amines is 2. The molecule has 0 aliphatic carbocycles. The molecule has 2 aromatic rings. The Morgan fingerprint density at radius 3 is 2.38 bits per heavy atom. The molecule has 1 aromatic heterocycles. The van der Waals surface area contributed by atoms with Crippen molar-refractivity contribution in [3.8, 4) is 0 Å². The van der Waals surface area contributed by atoms with Crippen molar-refractivity contribution in [1.82, 2.24) is 14.3 Å². The van der Waals surface area contributed by atoms with Gasteiger partial charge in [-0.3, -0.25) is 0 Å². The third-order valence-electron chi connectivity index (χ3n) is 3.93. The number of hydrogen-bond acceptors (Lipinski definition) is 3. The van der Waals surface area contributed by atoms with Gasteiger partial charge < -0.3 is 9.97 Å². The van der Waals surface area contributed by atoms with Gasteiger partial charge in [-0.2, -0.15) is 4.31 Å². The summed E-state index contributed by atoms with van der Waals surface area (Å²) in [5.74, 6) is 0.537. The van der Waals surface area contributed by atoms with Crippen LogP contribution in [0.4, 0.5) is 0 Å². The van der Waals surface area contributed by atoms with Gasteiger partial charge >= 0.3 is 5.69 Å². The molecule has 1 aromatic carbocycles. The lowest BCUT2D eigenvalue weighted by Gasteiger charge is -2.29. The molecule has 0 saturated carbocycles. The Hall–Kier alpha value is -1.31.